The fraction of sp³-hybridized carbons (Fsp3) is 0. The second kappa shape index (κ2) is 12.1. The van der Waals surface area contributed by atoms with Crippen molar-refractivity contribution in [3.63, 3.8) is 0 Å². The zero-order valence-electron chi connectivity index (χ0n) is 26.5. The fourth-order valence-corrected chi connectivity index (χ4v) is 6.54. The summed E-state index contributed by atoms with van der Waals surface area (Å²) < 4.78 is 2.31. The van der Waals surface area contributed by atoms with E-state index in [1.54, 1.807) is 0 Å². The molecule has 0 aliphatic rings. The molecule has 3 aromatic heterocycles. The van der Waals surface area contributed by atoms with Crippen molar-refractivity contribution in [2.24, 2.45) is 0 Å². The first-order chi connectivity index (χ1) is 24.3. The first kappa shape index (κ1) is 28.5. The van der Waals surface area contributed by atoms with E-state index in [-0.39, 0.29) is 0 Å². The van der Waals surface area contributed by atoms with Crippen LogP contribution in [0.3, 0.4) is 0 Å². The van der Waals surface area contributed by atoms with Crippen LogP contribution in [-0.4, -0.2) is 24.5 Å². The summed E-state index contributed by atoms with van der Waals surface area (Å²) in [6.45, 7) is 0. The minimum Gasteiger partial charge on any atom is -0.307 e. The molecule has 0 saturated heterocycles. The lowest BCUT2D eigenvalue weighted by Gasteiger charge is -2.15. The molecule has 5 heteroatoms. The third-order valence-corrected chi connectivity index (χ3v) is 8.91. The average Bonchev–Trinajstić information content (AvgIpc) is 3.53. The van der Waals surface area contributed by atoms with E-state index in [9.17, 15) is 0 Å². The van der Waals surface area contributed by atoms with Gasteiger partial charge in [0.2, 0.25) is 0 Å². The van der Waals surface area contributed by atoms with Crippen LogP contribution in [0, 0.1) is 0 Å². The number of fused-ring (bicyclic) bond motifs is 3. The number of pyridine rings is 1. The van der Waals surface area contributed by atoms with Gasteiger partial charge >= 0.3 is 0 Å². The molecule has 49 heavy (non-hydrogen) atoms. The van der Waals surface area contributed by atoms with Crippen molar-refractivity contribution >= 4 is 21.8 Å². The zero-order valence-corrected chi connectivity index (χ0v) is 26.5. The van der Waals surface area contributed by atoms with Crippen LogP contribution in [-0.2, 0) is 0 Å². The summed E-state index contributed by atoms with van der Waals surface area (Å²) in [4.78, 5) is 20.2. The average molecular weight is 628 g/mol. The Morgan fingerprint density at radius 1 is 0.347 bits per heavy atom. The van der Waals surface area contributed by atoms with Crippen LogP contribution in [0.5, 0.6) is 0 Å². The number of para-hydroxylation sites is 2. The van der Waals surface area contributed by atoms with Crippen molar-refractivity contribution in [2.75, 3.05) is 0 Å². The van der Waals surface area contributed by atoms with Crippen LogP contribution in [0.4, 0.5) is 0 Å². The van der Waals surface area contributed by atoms with Gasteiger partial charge < -0.3 is 4.57 Å². The summed E-state index contributed by atoms with van der Waals surface area (Å²) >= 11 is 0. The molecule has 0 atom stereocenters. The summed E-state index contributed by atoms with van der Waals surface area (Å²) in [6, 6.07) is 58.4. The standard InChI is InChI=1S/C44H29N5/c1-4-14-30(15-5-1)31-24-26-34(27-25-31)43-46-42(33-18-8-3-9-19-33)47-44(48-43)35-28-40(41(45-29-35)32-16-6-2-7-17-32)49-38-22-12-10-20-36(38)37-21-11-13-23-39(37)49/h1-29H. The van der Waals surface area contributed by atoms with E-state index in [0.717, 1.165) is 55.8 Å². The van der Waals surface area contributed by atoms with Gasteiger partial charge in [-0.25, -0.2) is 15.0 Å². The maximum Gasteiger partial charge on any atom is 0.165 e. The van der Waals surface area contributed by atoms with Crippen LogP contribution in [0.1, 0.15) is 0 Å². The molecular weight excluding hydrogens is 599 g/mol. The highest BCUT2D eigenvalue weighted by Crippen LogP contribution is 2.37. The highest BCUT2D eigenvalue weighted by atomic mass is 15.0. The van der Waals surface area contributed by atoms with Crippen LogP contribution in [0.2, 0.25) is 0 Å². The molecule has 0 unspecified atom stereocenters. The van der Waals surface area contributed by atoms with Gasteiger partial charge in [0.25, 0.3) is 0 Å². The first-order valence-corrected chi connectivity index (χ1v) is 16.3. The predicted molar refractivity (Wildman–Crippen MR) is 199 cm³/mol. The van der Waals surface area contributed by atoms with Crippen molar-refractivity contribution in [2.45, 2.75) is 0 Å². The Labute approximate surface area is 283 Å². The largest absolute Gasteiger partial charge is 0.307 e. The molecule has 9 aromatic rings. The Morgan fingerprint density at radius 2 is 0.755 bits per heavy atom. The van der Waals surface area contributed by atoms with Crippen molar-refractivity contribution in [1.29, 1.82) is 0 Å². The van der Waals surface area contributed by atoms with Crippen molar-refractivity contribution in [3.05, 3.63) is 176 Å². The maximum absolute atomic E-state index is 5.12. The quantitative estimate of drug-likeness (QED) is 0.184. The summed E-state index contributed by atoms with van der Waals surface area (Å²) in [5.74, 6) is 1.78. The molecule has 0 radical (unpaired) electrons. The van der Waals surface area contributed by atoms with E-state index in [1.165, 1.54) is 10.8 Å². The molecule has 0 aliphatic heterocycles. The van der Waals surface area contributed by atoms with Gasteiger partial charge in [0.15, 0.2) is 17.5 Å². The van der Waals surface area contributed by atoms with Gasteiger partial charge in [0, 0.05) is 39.2 Å². The number of hydrogen-bond donors (Lipinski definition) is 0. The smallest absolute Gasteiger partial charge is 0.165 e. The Kier molecular flexibility index (Phi) is 7.06. The van der Waals surface area contributed by atoms with E-state index >= 15 is 0 Å². The lowest BCUT2D eigenvalue weighted by atomic mass is 10.0. The number of benzene rings is 6. The molecule has 0 aliphatic carbocycles. The van der Waals surface area contributed by atoms with E-state index in [0.29, 0.717) is 17.5 Å². The molecule has 0 saturated carbocycles. The van der Waals surface area contributed by atoms with Gasteiger partial charge in [0.1, 0.15) is 0 Å². The molecule has 9 rings (SSSR count). The van der Waals surface area contributed by atoms with Gasteiger partial charge in [-0.2, -0.15) is 0 Å². The van der Waals surface area contributed by atoms with Crippen LogP contribution >= 0.6 is 0 Å². The summed E-state index contributed by atoms with van der Waals surface area (Å²) in [7, 11) is 0. The molecule has 0 amide bonds. The van der Waals surface area contributed by atoms with E-state index in [1.807, 2.05) is 60.8 Å². The molecule has 3 heterocycles. The lowest BCUT2D eigenvalue weighted by molar-refractivity contribution is 1.06. The molecule has 0 spiro atoms. The summed E-state index contributed by atoms with van der Waals surface area (Å²) in [5.41, 5.74) is 10.0. The minimum absolute atomic E-state index is 0.560. The number of aromatic nitrogens is 5. The Hall–Kier alpha value is -6.72. The molecule has 0 N–H and O–H groups in total. The second-order valence-corrected chi connectivity index (χ2v) is 11.9. The summed E-state index contributed by atoms with van der Waals surface area (Å²) in [6.07, 6.45) is 1.88. The van der Waals surface area contributed by atoms with Gasteiger partial charge in [0.05, 0.1) is 22.4 Å². The molecule has 0 bridgehead atoms. The highest BCUT2D eigenvalue weighted by molar-refractivity contribution is 6.09. The first-order valence-electron chi connectivity index (χ1n) is 16.3. The normalized spacial score (nSPS) is 11.3. The van der Waals surface area contributed by atoms with E-state index in [2.05, 4.69) is 120 Å². The third kappa shape index (κ3) is 5.24. The van der Waals surface area contributed by atoms with Crippen LogP contribution < -0.4 is 0 Å². The SMILES string of the molecule is c1ccc(-c2ccc(-c3nc(-c4ccccc4)nc(-c4cnc(-c5ccccc5)c(-n5c6ccccc6c6ccccc65)c4)n3)cc2)cc1. The van der Waals surface area contributed by atoms with Crippen LogP contribution in [0.15, 0.2) is 176 Å². The zero-order chi connectivity index (χ0) is 32.6. The molecule has 6 aromatic carbocycles. The Morgan fingerprint density at radius 3 is 1.33 bits per heavy atom. The number of nitrogens with zero attached hydrogens (tertiary/aromatic N) is 5. The molecule has 5 nitrogen and oxygen atoms in total. The van der Waals surface area contributed by atoms with Crippen LogP contribution in [0.25, 0.3) is 84.0 Å². The summed E-state index contributed by atoms with van der Waals surface area (Å²) in [5, 5.41) is 2.38. The van der Waals surface area contributed by atoms with E-state index < -0.39 is 0 Å². The molecule has 230 valence electrons. The van der Waals surface area contributed by atoms with Gasteiger partial charge in [-0.15, -0.1) is 0 Å². The van der Waals surface area contributed by atoms with Crippen molar-refractivity contribution in [3.8, 4) is 62.2 Å². The Balaban J connectivity index is 1.26. The predicted octanol–water partition coefficient (Wildman–Crippen LogP) is 10.7. The maximum atomic E-state index is 5.12. The van der Waals surface area contributed by atoms with Gasteiger partial charge in [-0.05, 0) is 29.3 Å². The third-order valence-electron chi connectivity index (χ3n) is 8.91. The van der Waals surface area contributed by atoms with Gasteiger partial charge in [-0.3, -0.25) is 4.98 Å². The number of rotatable bonds is 6. The van der Waals surface area contributed by atoms with E-state index in [4.69, 9.17) is 19.9 Å². The monoisotopic (exact) mass is 627 g/mol. The highest BCUT2D eigenvalue weighted by Gasteiger charge is 2.19. The molecular formula is C44H29N5. The topological polar surface area (TPSA) is 56.5 Å². The van der Waals surface area contributed by atoms with Crippen molar-refractivity contribution in [1.82, 2.24) is 24.5 Å². The molecule has 0 fully saturated rings. The minimum atomic E-state index is 0.560. The Bertz CT molecular complexity index is 2520. The lowest BCUT2D eigenvalue weighted by Crippen LogP contribution is -2.03. The second-order valence-electron chi connectivity index (χ2n) is 11.9. The van der Waals surface area contributed by atoms with Crippen molar-refractivity contribution < 1.29 is 0 Å². The van der Waals surface area contributed by atoms with Gasteiger partial charge in [-0.1, -0.05) is 152 Å². The fourth-order valence-electron chi connectivity index (χ4n) is 6.54. The number of hydrogen-bond acceptors (Lipinski definition) is 4.